The molecule has 0 aliphatic carbocycles. The van der Waals surface area contributed by atoms with E-state index in [2.05, 4.69) is 15.0 Å². The van der Waals surface area contributed by atoms with E-state index in [-0.39, 0.29) is 11.4 Å². The zero-order chi connectivity index (χ0) is 20.5. The number of methoxy groups -OCH3 is 1. The number of carbonyl (C=O) groups excluding carboxylic acids is 1. The molecule has 2 aromatic carbocycles. The molecule has 0 radical (unpaired) electrons. The highest BCUT2D eigenvalue weighted by molar-refractivity contribution is 5.98. The number of ether oxygens (including phenoxy) is 1. The van der Waals surface area contributed by atoms with E-state index in [1.165, 1.54) is 7.11 Å². The standard InChI is InChI=1S/C23H20N4O2/c1-13-4-6-15(7-5-13)21-18(11-19(22(24)27-21)23(28)29-3)16-8-9-20-17(10-16)14(2)25-12-26-20/h4-12H,1-3H3,(H2,24,27). The maximum Gasteiger partial charge on any atom is 0.341 e. The molecule has 2 aromatic heterocycles. The van der Waals surface area contributed by atoms with Crippen molar-refractivity contribution < 1.29 is 9.53 Å². The molecular formula is C23H20N4O2. The fourth-order valence-corrected chi connectivity index (χ4v) is 3.31. The van der Waals surface area contributed by atoms with Crippen LogP contribution in [0.4, 0.5) is 5.82 Å². The molecule has 0 saturated heterocycles. The number of nitrogens with zero attached hydrogens (tertiary/aromatic N) is 3. The first-order valence-corrected chi connectivity index (χ1v) is 9.15. The largest absolute Gasteiger partial charge is 0.465 e. The number of nitrogen functional groups attached to an aromatic ring is 1. The van der Waals surface area contributed by atoms with Gasteiger partial charge in [-0.25, -0.2) is 19.7 Å². The maximum absolute atomic E-state index is 12.2. The van der Waals surface area contributed by atoms with Crippen LogP contribution in [0.1, 0.15) is 21.6 Å². The average Bonchev–Trinajstić information content (AvgIpc) is 2.74. The highest BCUT2D eigenvalue weighted by Crippen LogP contribution is 2.35. The second-order valence-corrected chi connectivity index (χ2v) is 6.87. The summed E-state index contributed by atoms with van der Waals surface area (Å²) < 4.78 is 4.88. The van der Waals surface area contributed by atoms with Crippen LogP contribution in [-0.4, -0.2) is 28.0 Å². The fraction of sp³-hybridized carbons (Fsp3) is 0.130. The number of fused-ring (bicyclic) bond motifs is 1. The third-order valence-corrected chi connectivity index (χ3v) is 4.93. The minimum absolute atomic E-state index is 0.136. The summed E-state index contributed by atoms with van der Waals surface area (Å²) in [5.74, 6) is -0.386. The van der Waals surface area contributed by atoms with E-state index in [1.807, 2.05) is 56.3 Å². The van der Waals surface area contributed by atoms with Crippen LogP contribution in [0.5, 0.6) is 0 Å². The lowest BCUT2D eigenvalue weighted by molar-refractivity contribution is 0.0601. The number of nitrogens with two attached hydrogens (primary N) is 1. The predicted molar refractivity (Wildman–Crippen MR) is 113 cm³/mol. The number of aryl methyl sites for hydroxylation is 2. The Hall–Kier alpha value is -3.80. The van der Waals surface area contributed by atoms with Gasteiger partial charge in [0.1, 0.15) is 17.7 Å². The second-order valence-electron chi connectivity index (χ2n) is 6.87. The van der Waals surface area contributed by atoms with Crippen LogP contribution in [0.3, 0.4) is 0 Å². The summed E-state index contributed by atoms with van der Waals surface area (Å²) in [6.45, 7) is 3.97. The number of carbonyl (C=O) groups is 1. The predicted octanol–water partition coefficient (Wildman–Crippen LogP) is 4.34. The van der Waals surface area contributed by atoms with Crippen molar-refractivity contribution in [3.8, 4) is 22.4 Å². The molecule has 4 rings (SSSR count). The minimum atomic E-state index is -0.521. The first kappa shape index (κ1) is 18.6. The Bertz CT molecular complexity index is 1230. The van der Waals surface area contributed by atoms with Gasteiger partial charge in [-0.3, -0.25) is 0 Å². The minimum Gasteiger partial charge on any atom is -0.465 e. The Morgan fingerprint density at radius 2 is 1.69 bits per heavy atom. The van der Waals surface area contributed by atoms with Gasteiger partial charge in [0.15, 0.2) is 0 Å². The summed E-state index contributed by atoms with van der Waals surface area (Å²) in [6, 6.07) is 15.7. The average molecular weight is 384 g/mol. The van der Waals surface area contributed by atoms with E-state index in [0.29, 0.717) is 5.69 Å². The van der Waals surface area contributed by atoms with Crippen LogP contribution >= 0.6 is 0 Å². The van der Waals surface area contributed by atoms with E-state index in [4.69, 9.17) is 10.5 Å². The molecule has 0 amide bonds. The van der Waals surface area contributed by atoms with Gasteiger partial charge < -0.3 is 10.5 Å². The molecule has 0 fully saturated rings. The van der Waals surface area contributed by atoms with Crippen molar-refractivity contribution in [2.75, 3.05) is 12.8 Å². The van der Waals surface area contributed by atoms with E-state index in [0.717, 1.165) is 38.9 Å². The zero-order valence-electron chi connectivity index (χ0n) is 16.4. The Kier molecular flexibility index (Phi) is 4.68. The van der Waals surface area contributed by atoms with Gasteiger partial charge in [-0.05, 0) is 37.6 Å². The number of aromatic nitrogens is 3. The fourth-order valence-electron chi connectivity index (χ4n) is 3.31. The number of esters is 1. The monoisotopic (exact) mass is 384 g/mol. The van der Waals surface area contributed by atoms with Crippen molar-refractivity contribution >= 4 is 22.7 Å². The Morgan fingerprint density at radius 1 is 0.966 bits per heavy atom. The van der Waals surface area contributed by atoms with Crippen LogP contribution < -0.4 is 5.73 Å². The molecule has 0 aliphatic heterocycles. The van der Waals surface area contributed by atoms with Gasteiger partial charge in [0.05, 0.1) is 18.3 Å². The van der Waals surface area contributed by atoms with E-state index < -0.39 is 5.97 Å². The SMILES string of the molecule is COC(=O)c1cc(-c2ccc3ncnc(C)c3c2)c(-c2ccc(C)cc2)nc1N. The van der Waals surface area contributed by atoms with Crippen LogP contribution in [-0.2, 0) is 4.74 Å². The topological polar surface area (TPSA) is 91.0 Å². The highest BCUT2D eigenvalue weighted by Gasteiger charge is 2.19. The quantitative estimate of drug-likeness (QED) is 0.528. The Balaban J connectivity index is 2.00. The molecule has 6 nitrogen and oxygen atoms in total. The number of pyridine rings is 1. The van der Waals surface area contributed by atoms with E-state index in [1.54, 1.807) is 12.4 Å². The summed E-state index contributed by atoms with van der Waals surface area (Å²) in [7, 11) is 1.33. The van der Waals surface area contributed by atoms with Crippen molar-refractivity contribution in [2.45, 2.75) is 13.8 Å². The van der Waals surface area contributed by atoms with Crippen molar-refractivity contribution in [1.29, 1.82) is 0 Å². The summed E-state index contributed by atoms with van der Waals surface area (Å²) >= 11 is 0. The summed E-state index contributed by atoms with van der Waals surface area (Å²) in [6.07, 6.45) is 1.55. The third kappa shape index (κ3) is 3.40. The number of benzene rings is 2. The van der Waals surface area contributed by atoms with Crippen molar-refractivity contribution in [1.82, 2.24) is 15.0 Å². The number of anilines is 1. The highest BCUT2D eigenvalue weighted by atomic mass is 16.5. The molecule has 0 spiro atoms. The first-order chi connectivity index (χ1) is 14.0. The van der Waals surface area contributed by atoms with Gasteiger partial charge in [-0.2, -0.15) is 0 Å². The van der Waals surface area contributed by atoms with Gasteiger partial charge >= 0.3 is 5.97 Å². The second kappa shape index (κ2) is 7.31. The first-order valence-electron chi connectivity index (χ1n) is 9.15. The van der Waals surface area contributed by atoms with Crippen molar-refractivity contribution in [3.05, 3.63) is 71.7 Å². The molecule has 2 heterocycles. The smallest absolute Gasteiger partial charge is 0.341 e. The Morgan fingerprint density at radius 3 is 2.41 bits per heavy atom. The van der Waals surface area contributed by atoms with Crippen LogP contribution in [0.2, 0.25) is 0 Å². The molecule has 4 aromatic rings. The molecular weight excluding hydrogens is 364 g/mol. The Labute approximate surface area is 168 Å². The van der Waals surface area contributed by atoms with Gasteiger partial charge in [0, 0.05) is 22.2 Å². The molecule has 0 aliphatic rings. The van der Waals surface area contributed by atoms with Crippen molar-refractivity contribution in [3.63, 3.8) is 0 Å². The molecule has 2 N–H and O–H groups in total. The summed E-state index contributed by atoms with van der Waals surface area (Å²) in [4.78, 5) is 25.4. The molecule has 6 heteroatoms. The molecule has 0 saturated carbocycles. The number of rotatable bonds is 3. The van der Waals surface area contributed by atoms with E-state index >= 15 is 0 Å². The zero-order valence-corrected chi connectivity index (χ0v) is 16.4. The van der Waals surface area contributed by atoms with Crippen LogP contribution in [0.25, 0.3) is 33.3 Å². The normalized spacial score (nSPS) is 10.9. The van der Waals surface area contributed by atoms with Crippen LogP contribution in [0, 0.1) is 13.8 Å². The number of hydrogen-bond donors (Lipinski definition) is 1. The molecule has 0 unspecified atom stereocenters. The molecule has 0 atom stereocenters. The summed E-state index contributed by atoms with van der Waals surface area (Å²) in [5, 5.41) is 0.941. The van der Waals surface area contributed by atoms with Gasteiger partial charge in [-0.1, -0.05) is 35.9 Å². The summed E-state index contributed by atoms with van der Waals surface area (Å²) in [5.41, 5.74) is 12.5. The van der Waals surface area contributed by atoms with Crippen LogP contribution in [0.15, 0.2) is 54.9 Å². The van der Waals surface area contributed by atoms with Gasteiger partial charge in [0.25, 0.3) is 0 Å². The van der Waals surface area contributed by atoms with Gasteiger partial charge in [0.2, 0.25) is 0 Å². The molecule has 0 bridgehead atoms. The lowest BCUT2D eigenvalue weighted by Gasteiger charge is -2.14. The lowest BCUT2D eigenvalue weighted by Crippen LogP contribution is -2.09. The lowest BCUT2D eigenvalue weighted by atomic mass is 9.95. The maximum atomic E-state index is 12.2. The number of hydrogen-bond acceptors (Lipinski definition) is 6. The van der Waals surface area contributed by atoms with E-state index in [9.17, 15) is 4.79 Å². The third-order valence-electron chi connectivity index (χ3n) is 4.93. The molecule has 144 valence electrons. The molecule has 29 heavy (non-hydrogen) atoms. The van der Waals surface area contributed by atoms with Crippen molar-refractivity contribution in [2.24, 2.45) is 0 Å². The van der Waals surface area contributed by atoms with Gasteiger partial charge in [-0.15, -0.1) is 0 Å².